The van der Waals surface area contributed by atoms with Gasteiger partial charge in [-0.2, -0.15) is 0 Å². The minimum atomic E-state index is -0.296. The minimum Gasteiger partial charge on any atom is -0.493 e. The number of ether oxygens (including phenoxy) is 1. The fourth-order valence-electron chi connectivity index (χ4n) is 1.01. The molecule has 0 radical (unpaired) electrons. The molecule has 0 spiro atoms. The quantitative estimate of drug-likeness (QED) is 0.603. The molecule has 0 fully saturated rings. The molecule has 0 N–H and O–H groups in total. The fraction of sp³-hybridized carbons (Fsp3) is 0.333. The summed E-state index contributed by atoms with van der Waals surface area (Å²) in [6.07, 6.45) is 0. The second kappa shape index (κ2) is 2.91. The van der Waals surface area contributed by atoms with Crippen LogP contribution >= 0.6 is 0 Å². The lowest BCUT2D eigenvalue weighted by Crippen LogP contribution is -1.93. The Morgan fingerprint density at radius 1 is 1.27 bits per heavy atom. The van der Waals surface area contributed by atoms with E-state index in [9.17, 15) is 4.39 Å². The zero-order valence-electron chi connectivity index (χ0n) is 6.94. The monoisotopic (exact) mass is 154 g/mol. The summed E-state index contributed by atoms with van der Waals surface area (Å²) in [5.74, 6) is 0.0561. The lowest BCUT2D eigenvalue weighted by molar-refractivity contribution is 0.383. The molecule has 0 saturated heterocycles. The van der Waals surface area contributed by atoms with E-state index < -0.39 is 0 Å². The SMILES string of the molecule is COc1c(F)ccc(C)c1C. The van der Waals surface area contributed by atoms with E-state index in [1.165, 1.54) is 13.2 Å². The largest absolute Gasteiger partial charge is 0.493 e. The van der Waals surface area contributed by atoms with Crippen LogP contribution in [0.2, 0.25) is 0 Å². The molecule has 60 valence electrons. The molecule has 0 unspecified atom stereocenters. The maximum atomic E-state index is 12.9. The van der Waals surface area contributed by atoms with Gasteiger partial charge in [-0.3, -0.25) is 0 Å². The molecule has 0 aromatic heterocycles. The normalized spacial score (nSPS) is 9.82. The van der Waals surface area contributed by atoms with Crippen molar-refractivity contribution >= 4 is 0 Å². The zero-order chi connectivity index (χ0) is 8.43. The maximum Gasteiger partial charge on any atom is 0.165 e. The summed E-state index contributed by atoms with van der Waals surface area (Å²) in [4.78, 5) is 0. The van der Waals surface area contributed by atoms with Crippen molar-refractivity contribution in [3.63, 3.8) is 0 Å². The van der Waals surface area contributed by atoms with Crippen molar-refractivity contribution < 1.29 is 9.13 Å². The standard InChI is InChI=1S/C9H11FO/c1-6-4-5-8(10)9(11-3)7(6)2/h4-5H,1-3H3. The van der Waals surface area contributed by atoms with Gasteiger partial charge in [-0.15, -0.1) is 0 Å². The van der Waals surface area contributed by atoms with E-state index in [-0.39, 0.29) is 5.82 Å². The van der Waals surface area contributed by atoms with E-state index in [1.807, 2.05) is 13.8 Å². The first-order chi connectivity index (χ1) is 5.16. The van der Waals surface area contributed by atoms with Crippen molar-refractivity contribution in [2.45, 2.75) is 13.8 Å². The van der Waals surface area contributed by atoms with E-state index >= 15 is 0 Å². The van der Waals surface area contributed by atoms with Gasteiger partial charge in [0.2, 0.25) is 0 Å². The molecule has 1 aromatic carbocycles. The number of methoxy groups -OCH3 is 1. The highest BCUT2D eigenvalue weighted by Gasteiger charge is 2.06. The summed E-state index contributed by atoms with van der Waals surface area (Å²) < 4.78 is 17.8. The van der Waals surface area contributed by atoms with Crippen LogP contribution in [0.3, 0.4) is 0 Å². The third kappa shape index (κ3) is 1.34. The van der Waals surface area contributed by atoms with Gasteiger partial charge in [0.25, 0.3) is 0 Å². The molecule has 1 nitrogen and oxygen atoms in total. The second-order valence-electron chi connectivity index (χ2n) is 2.52. The molecule has 2 heteroatoms. The summed E-state index contributed by atoms with van der Waals surface area (Å²) in [6, 6.07) is 3.16. The van der Waals surface area contributed by atoms with Gasteiger partial charge in [-0.25, -0.2) is 4.39 Å². The van der Waals surface area contributed by atoms with Gasteiger partial charge in [0.05, 0.1) is 7.11 Å². The Morgan fingerprint density at radius 2 is 1.91 bits per heavy atom. The van der Waals surface area contributed by atoms with Crippen molar-refractivity contribution in [1.82, 2.24) is 0 Å². The van der Waals surface area contributed by atoms with E-state index in [2.05, 4.69) is 0 Å². The molecule has 0 aliphatic carbocycles. The van der Waals surface area contributed by atoms with Crippen LogP contribution in [0.15, 0.2) is 12.1 Å². The Kier molecular flexibility index (Phi) is 2.13. The smallest absolute Gasteiger partial charge is 0.165 e. The van der Waals surface area contributed by atoms with Crippen LogP contribution in [0.1, 0.15) is 11.1 Å². The number of benzene rings is 1. The van der Waals surface area contributed by atoms with Gasteiger partial charge in [-0.05, 0) is 31.0 Å². The Balaban J connectivity index is 3.29. The van der Waals surface area contributed by atoms with Gasteiger partial charge in [-0.1, -0.05) is 6.07 Å². The molecule has 0 bridgehead atoms. The number of hydrogen-bond donors (Lipinski definition) is 0. The van der Waals surface area contributed by atoms with Crippen molar-refractivity contribution in [3.05, 3.63) is 29.1 Å². The lowest BCUT2D eigenvalue weighted by atomic mass is 10.1. The molecule has 0 amide bonds. The van der Waals surface area contributed by atoms with Crippen LogP contribution in [0.5, 0.6) is 5.75 Å². The Hall–Kier alpha value is -1.05. The van der Waals surface area contributed by atoms with Crippen molar-refractivity contribution in [2.75, 3.05) is 7.11 Å². The average Bonchev–Trinajstić information content (AvgIpc) is 1.99. The minimum absolute atomic E-state index is 0.296. The van der Waals surface area contributed by atoms with Crippen molar-refractivity contribution in [1.29, 1.82) is 0 Å². The second-order valence-corrected chi connectivity index (χ2v) is 2.52. The van der Waals surface area contributed by atoms with Crippen LogP contribution in [-0.2, 0) is 0 Å². The van der Waals surface area contributed by atoms with E-state index in [0.717, 1.165) is 11.1 Å². The van der Waals surface area contributed by atoms with E-state index in [4.69, 9.17) is 4.74 Å². The molecular weight excluding hydrogens is 143 g/mol. The first kappa shape index (κ1) is 8.05. The lowest BCUT2D eigenvalue weighted by Gasteiger charge is -2.07. The van der Waals surface area contributed by atoms with Crippen LogP contribution in [-0.4, -0.2) is 7.11 Å². The van der Waals surface area contributed by atoms with Crippen LogP contribution in [0.25, 0.3) is 0 Å². The molecule has 1 aromatic rings. The zero-order valence-corrected chi connectivity index (χ0v) is 6.94. The van der Waals surface area contributed by atoms with E-state index in [1.54, 1.807) is 6.07 Å². The molecule has 0 atom stereocenters. The predicted octanol–water partition coefficient (Wildman–Crippen LogP) is 2.45. The van der Waals surface area contributed by atoms with Crippen LogP contribution in [0.4, 0.5) is 4.39 Å². The summed E-state index contributed by atoms with van der Waals surface area (Å²) >= 11 is 0. The van der Waals surface area contributed by atoms with Crippen LogP contribution < -0.4 is 4.74 Å². The highest BCUT2D eigenvalue weighted by molar-refractivity contribution is 5.39. The Labute approximate surface area is 65.8 Å². The summed E-state index contributed by atoms with van der Waals surface area (Å²) in [5, 5.41) is 0. The summed E-state index contributed by atoms with van der Waals surface area (Å²) in [7, 11) is 1.48. The fourth-order valence-corrected chi connectivity index (χ4v) is 1.01. The summed E-state index contributed by atoms with van der Waals surface area (Å²) in [5.41, 5.74) is 1.91. The molecule has 0 saturated carbocycles. The van der Waals surface area contributed by atoms with Crippen molar-refractivity contribution in [2.24, 2.45) is 0 Å². The molecule has 0 heterocycles. The molecular formula is C9H11FO. The number of hydrogen-bond acceptors (Lipinski definition) is 1. The molecule has 1 rings (SSSR count). The maximum absolute atomic E-state index is 12.9. The van der Waals surface area contributed by atoms with Gasteiger partial charge < -0.3 is 4.74 Å². The van der Waals surface area contributed by atoms with E-state index in [0.29, 0.717) is 5.75 Å². The van der Waals surface area contributed by atoms with Gasteiger partial charge >= 0.3 is 0 Å². The van der Waals surface area contributed by atoms with Gasteiger partial charge in [0.15, 0.2) is 11.6 Å². The summed E-state index contributed by atoms with van der Waals surface area (Å²) in [6.45, 7) is 3.77. The van der Waals surface area contributed by atoms with Crippen LogP contribution in [0, 0.1) is 19.7 Å². The van der Waals surface area contributed by atoms with Gasteiger partial charge in [0.1, 0.15) is 0 Å². The van der Waals surface area contributed by atoms with Gasteiger partial charge in [0, 0.05) is 0 Å². The third-order valence-electron chi connectivity index (χ3n) is 1.83. The third-order valence-corrected chi connectivity index (χ3v) is 1.83. The number of halogens is 1. The van der Waals surface area contributed by atoms with Crippen molar-refractivity contribution in [3.8, 4) is 5.75 Å². The first-order valence-corrected chi connectivity index (χ1v) is 3.46. The number of rotatable bonds is 1. The number of aryl methyl sites for hydroxylation is 1. The topological polar surface area (TPSA) is 9.23 Å². The predicted molar refractivity (Wildman–Crippen MR) is 42.4 cm³/mol. The molecule has 0 aliphatic rings. The molecule has 0 aliphatic heterocycles. The Bertz CT molecular complexity index is 269. The highest BCUT2D eigenvalue weighted by atomic mass is 19.1. The highest BCUT2D eigenvalue weighted by Crippen LogP contribution is 2.23. The first-order valence-electron chi connectivity index (χ1n) is 3.46. The Morgan fingerprint density at radius 3 is 2.36 bits per heavy atom. The average molecular weight is 154 g/mol. The molecule has 11 heavy (non-hydrogen) atoms.